The van der Waals surface area contributed by atoms with E-state index in [1.807, 2.05) is 30.1 Å². The number of aryl methyl sites for hydroxylation is 1. The number of piperidine rings is 1. The molecule has 2 aromatic rings. The summed E-state index contributed by atoms with van der Waals surface area (Å²) in [5.41, 5.74) is 2.62. The van der Waals surface area contributed by atoms with Crippen LogP contribution in [0.15, 0.2) is 23.0 Å². The average Bonchev–Trinajstić information content (AvgIpc) is 2.95. The first-order valence-corrected chi connectivity index (χ1v) is 8.79. The molecule has 1 amide bonds. The van der Waals surface area contributed by atoms with Gasteiger partial charge in [0.1, 0.15) is 0 Å². The summed E-state index contributed by atoms with van der Waals surface area (Å²) >= 11 is 0. The van der Waals surface area contributed by atoms with Crippen LogP contribution in [0.4, 0.5) is 0 Å². The fourth-order valence-corrected chi connectivity index (χ4v) is 3.51. The summed E-state index contributed by atoms with van der Waals surface area (Å²) in [5, 5.41) is 3.22. The van der Waals surface area contributed by atoms with Crippen LogP contribution in [0.2, 0.25) is 0 Å². The molecule has 6 nitrogen and oxygen atoms in total. The Morgan fingerprint density at radius 2 is 2.00 bits per heavy atom. The zero-order chi connectivity index (χ0) is 16.9. The maximum Gasteiger partial charge on any atom is 0.323 e. The average molecular weight is 330 g/mol. The molecule has 1 saturated heterocycles. The number of H-pyrrole nitrogens is 2. The van der Waals surface area contributed by atoms with Gasteiger partial charge in [0.15, 0.2) is 0 Å². The van der Waals surface area contributed by atoms with E-state index in [0.717, 1.165) is 61.9 Å². The van der Waals surface area contributed by atoms with Crippen LogP contribution in [-0.4, -0.2) is 47.5 Å². The molecule has 1 fully saturated rings. The number of amides is 1. The molecule has 0 aliphatic carbocycles. The standard InChI is InChI=1S/C18H26N4O2/c1-19-12-14-7-9-22(10-8-14)17(23)4-2-3-13-5-6-15-16(11-13)21-18(24)20-15/h5-6,11,14,19H,2-4,7-10,12H2,1H3,(H2,20,21,24). The van der Waals surface area contributed by atoms with Gasteiger partial charge >= 0.3 is 5.69 Å². The number of carbonyl (C=O) groups excluding carboxylic acids is 1. The van der Waals surface area contributed by atoms with Crippen LogP contribution in [0.1, 0.15) is 31.2 Å². The van der Waals surface area contributed by atoms with Crippen LogP contribution < -0.4 is 11.0 Å². The fraction of sp³-hybridized carbons (Fsp3) is 0.556. The van der Waals surface area contributed by atoms with Gasteiger partial charge in [-0.05, 0) is 62.9 Å². The molecule has 0 radical (unpaired) electrons. The number of hydrogen-bond donors (Lipinski definition) is 3. The molecule has 6 heteroatoms. The molecule has 1 aromatic carbocycles. The Morgan fingerprint density at radius 3 is 2.75 bits per heavy atom. The number of benzene rings is 1. The number of nitrogens with zero attached hydrogens (tertiary/aromatic N) is 1. The minimum Gasteiger partial charge on any atom is -0.343 e. The van der Waals surface area contributed by atoms with Crippen molar-refractivity contribution in [3.05, 3.63) is 34.2 Å². The number of hydrogen-bond acceptors (Lipinski definition) is 3. The number of aromatic nitrogens is 2. The van der Waals surface area contributed by atoms with Crippen molar-refractivity contribution in [2.24, 2.45) is 5.92 Å². The van der Waals surface area contributed by atoms with Crippen molar-refractivity contribution in [3.8, 4) is 0 Å². The second-order valence-electron chi connectivity index (χ2n) is 6.69. The third kappa shape index (κ3) is 4.06. The van der Waals surface area contributed by atoms with E-state index < -0.39 is 0 Å². The molecule has 24 heavy (non-hydrogen) atoms. The van der Waals surface area contributed by atoms with Gasteiger partial charge in [-0.2, -0.15) is 0 Å². The van der Waals surface area contributed by atoms with Crippen molar-refractivity contribution >= 4 is 16.9 Å². The lowest BCUT2D eigenvalue weighted by molar-refractivity contribution is -0.132. The van der Waals surface area contributed by atoms with Gasteiger partial charge in [-0.3, -0.25) is 4.79 Å². The Bertz CT molecular complexity index is 741. The highest BCUT2D eigenvalue weighted by Gasteiger charge is 2.21. The molecule has 1 aliphatic heterocycles. The normalized spacial score (nSPS) is 16.0. The van der Waals surface area contributed by atoms with Crippen molar-refractivity contribution in [1.82, 2.24) is 20.2 Å². The highest BCUT2D eigenvalue weighted by atomic mass is 16.2. The number of imidazole rings is 1. The van der Waals surface area contributed by atoms with E-state index in [0.29, 0.717) is 12.3 Å². The zero-order valence-electron chi connectivity index (χ0n) is 14.2. The summed E-state index contributed by atoms with van der Waals surface area (Å²) in [6.07, 6.45) is 4.49. The Hall–Kier alpha value is -2.08. The van der Waals surface area contributed by atoms with Gasteiger partial charge in [-0.15, -0.1) is 0 Å². The quantitative estimate of drug-likeness (QED) is 0.753. The first-order valence-electron chi connectivity index (χ1n) is 8.79. The molecule has 2 heterocycles. The van der Waals surface area contributed by atoms with Crippen molar-refractivity contribution < 1.29 is 4.79 Å². The van der Waals surface area contributed by atoms with Gasteiger partial charge in [-0.25, -0.2) is 4.79 Å². The molecular weight excluding hydrogens is 304 g/mol. The molecule has 0 unspecified atom stereocenters. The van der Waals surface area contributed by atoms with Crippen LogP contribution in [0.5, 0.6) is 0 Å². The Balaban J connectivity index is 1.45. The lowest BCUT2D eigenvalue weighted by Crippen LogP contribution is -2.40. The molecule has 1 aromatic heterocycles. The predicted molar refractivity (Wildman–Crippen MR) is 95.1 cm³/mol. The van der Waals surface area contributed by atoms with Crippen molar-refractivity contribution in [2.45, 2.75) is 32.1 Å². The van der Waals surface area contributed by atoms with Crippen molar-refractivity contribution in [1.29, 1.82) is 0 Å². The molecular formula is C18H26N4O2. The molecule has 0 bridgehead atoms. The predicted octanol–water partition coefficient (Wildman–Crippen LogP) is 1.64. The lowest BCUT2D eigenvalue weighted by atomic mass is 9.96. The van der Waals surface area contributed by atoms with E-state index in [2.05, 4.69) is 15.3 Å². The van der Waals surface area contributed by atoms with E-state index in [4.69, 9.17) is 0 Å². The third-order valence-electron chi connectivity index (χ3n) is 4.90. The fourth-order valence-electron chi connectivity index (χ4n) is 3.51. The SMILES string of the molecule is CNCC1CCN(C(=O)CCCc2ccc3[nH]c(=O)[nH]c3c2)CC1. The summed E-state index contributed by atoms with van der Waals surface area (Å²) in [4.78, 5) is 31.1. The maximum atomic E-state index is 12.3. The Morgan fingerprint density at radius 1 is 1.25 bits per heavy atom. The van der Waals surface area contributed by atoms with Crippen LogP contribution >= 0.6 is 0 Å². The molecule has 0 atom stereocenters. The largest absolute Gasteiger partial charge is 0.343 e. The number of rotatable bonds is 6. The molecule has 130 valence electrons. The maximum absolute atomic E-state index is 12.3. The first-order chi connectivity index (χ1) is 11.7. The van der Waals surface area contributed by atoms with E-state index in [-0.39, 0.29) is 11.6 Å². The molecule has 3 N–H and O–H groups in total. The minimum atomic E-state index is -0.181. The van der Waals surface area contributed by atoms with Gasteiger partial charge in [0.05, 0.1) is 11.0 Å². The van der Waals surface area contributed by atoms with Gasteiger partial charge in [0.2, 0.25) is 5.91 Å². The number of fused-ring (bicyclic) bond motifs is 1. The van der Waals surface area contributed by atoms with E-state index in [9.17, 15) is 9.59 Å². The summed E-state index contributed by atoms with van der Waals surface area (Å²) in [7, 11) is 1.98. The highest BCUT2D eigenvalue weighted by Crippen LogP contribution is 2.18. The summed E-state index contributed by atoms with van der Waals surface area (Å²) in [6.45, 7) is 2.83. The minimum absolute atomic E-state index is 0.181. The van der Waals surface area contributed by atoms with Gasteiger partial charge in [0.25, 0.3) is 0 Å². The number of nitrogens with one attached hydrogen (secondary N) is 3. The van der Waals surface area contributed by atoms with Gasteiger partial charge in [0, 0.05) is 19.5 Å². The van der Waals surface area contributed by atoms with Crippen LogP contribution in [0.25, 0.3) is 11.0 Å². The number of likely N-dealkylation sites (tertiary alicyclic amines) is 1. The van der Waals surface area contributed by atoms with Gasteiger partial charge < -0.3 is 20.2 Å². The van der Waals surface area contributed by atoms with E-state index in [1.54, 1.807) is 0 Å². The van der Waals surface area contributed by atoms with Crippen molar-refractivity contribution in [2.75, 3.05) is 26.7 Å². The van der Waals surface area contributed by atoms with Crippen LogP contribution in [0.3, 0.4) is 0 Å². The number of aromatic amines is 2. The lowest BCUT2D eigenvalue weighted by Gasteiger charge is -2.32. The topological polar surface area (TPSA) is 81.0 Å². The van der Waals surface area contributed by atoms with Crippen LogP contribution in [-0.2, 0) is 11.2 Å². The van der Waals surface area contributed by atoms with E-state index in [1.165, 1.54) is 0 Å². The van der Waals surface area contributed by atoms with E-state index >= 15 is 0 Å². The first kappa shape index (κ1) is 16.8. The summed E-state index contributed by atoms with van der Waals surface area (Å²) in [6, 6.07) is 5.91. The monoisotopic (exact) mass is 330 g/mol. The zero-order valence-corrected chi connectivity index (χ0v) is 14.2. The smallest absolute Gasteiger partial charge is 0.323 e. The van der Waals surface area contributed by atoms with Gasteiger partial charge in [-0.1, -0.05) is 6.07 Å². The number of carbonyl (C=O) groups is 1. The molecule has 0 spiro atoms. The Kier molecular flexibility index (Phi) is 5.35. The second kappa shape index (κ2) is 7.66. The highest BCUT2D eigenvalue weighted by molar-refractivity contribution is 5.76. The summed E-state index contributed by atoms with van der Waals surface area (Å²) < 4.78 is 0. The second-order valence-corrected chi connectivity index (χ2v) is 6.69. The molecule has 1 aliphatic rings. The van der Waals surface area contributed by atoms with Crippen molar-refractivity contribution in [3.63, 3.8) is 0 Å². The molecule has 3 rings (SSSR count). The third-order valence-corrected chi connectivity index (χ3v) is 4.90. The van der Waals surface area contributed by atoms with Crippen LogP contribution in [0, 0.1) is 5.92 Å². The molecule has 0 saturated carbocycles. The Labute approximate surface area is 141 Å². The summed E-state index contributed by atoms with van der Waals surface area (Å²) in [5.74, 6) is 0.975.